The van der Waals surface area contributed by atoms with Crippen molar-refractivity contribution in [1.82, 2.24) is 15.3 Å². The Morgan fingerprint density at radius 1 is 0.978 bits per heavy atom. The minimum Gasteiger partial charge on any atom is -0.492 e. The van der Waals surface area contributed by atoms with Crippen molar-refractivity contribution in [3.63, 3.8) is 0 Å². The summed E-state index contributed by atoms with van der Waals surface area (Å²) in [7, 11) is 0. The Bertz CT molecular complexity index is 1190. The predicted octanol–water partition coefficient (Wildman–Crippen LogP) is 3.53. The first kappa shape index (κ1) is 33.1. The van der Waals surface area contributed by atoms with Gasteiger partial charge in [0, 0.05) is 26.2 Å². The Hall–Kier alpha value is -2.77. The average molecular weight is 640 g/mol. The molecule has 1 amide bonds. The van der Waals surface area contributed by atoms with E-state index < -0.39 is 18.2 Å². The lowest BCUT2D eigenvalue weighted by molar-refractivity contribution is -0.214. The van der Waals surface area contributed by atoms with Crippen LogP contribution in [0, 0.1) is 5.92 Å². The highest BCUT2D eigenvalue weighted by atomic mass is 16.7. The maximum atomic E-state index is 13.1. The van der Waals surface area contributed by atoms with E-state index in [2.05, 4.69) is 10.2 Å². The second kappa shape index (κ2) is 16.9. The number of nitrogens with zero attached hydrogens (tertiary/aromatic N) is 2. The van der Waals surface area contributed by atoms with E-state index in [4.69, 9.17) is 28.5 Å². The van der Waals surface area contributed by atoms with Crippen molar-refractivity contribution in [3.8, 4) is 5.75 Å². The van der Waals surface area contributed by atoms with E-state index in [0.29, 0.717) is 32.8 Å². The van der Waals surface area contributed by atoms with Gasteiger partial charge in [-0.15, -0.1) is 0 Å². The lowest BCUT2D eigenvalue weighted by Crippen LogP contribution is -2.50. The molecule has 11 nitrogen and oxygen atoms in total. The Kier molecular flexibility index (Phi) is 12.2. The molecule has 0 bridgehead atoms. The molecule has 2 aromatic carbocycles. The molecule has 46 heavy (non-hydrogen) atoms. The van der Waals surface area contributed by atoms with Crippen LogP contribution in [-0.4, -0.2) is 111 Å². The third kappa shape index (κ3) is 9.63. The first-order valence-electron chi connectivity index (χ1n) is 16.9. The minimum atomic E-state index is -0.917. The normalized spacial score (nSPS) is 25.0. The zero-order valence-electron chi connectivity index (χ0n) is 26.7. The number of fused-ring (bicyclic) bond motifs is 1. The number of hydroxylamine groups is 2. The molecule has 3 heterocycles. The molecule has 2 N–H and O–H groups in total. The van der Waals surface area contributed by atoms with Crippen LogP contribution in [-0.2, 0) is 36.8 Å². The van der Waals surface area contributed by atoms with Gasteiger partial charge in [-0.2, -0.15) is 5.06 Å². The van der Waals surface area contributed by atoms with Gasteiger partial charge in [0.15, 0.2) is 6.29 Å². The maximum absolute atomic E-state index is 13.1. The van der Waals surface area contributed by atoms with Gasteiger partial charge in [0.05, 0.1) is 57.1 Å². The highest BCUT2D eigenvalue weighted by Crippen LogP contribution is 2.33. The topological polar surface area (TPSA) is 111 Å². The summed E-state index contributed by atoms with van der Waals surface area (Å²) in [5.74, 6) is 0.870. The number of ether oxygens (including phenoxy) is 5. The van der Waals surface area contributed by atoms with E-state index >= 15 is 0 Å². The molecular formula is C35H49N3O8. The summed E-state index contributed by atoms with van der Waals surface area (Å²) in [4.78, 5) is 22.0. The van der Waals surface area contributed by atoms with Crippen LogP contribution in [0.3, 0.4) is 0 Å². The van der Waals surface area contributed by atoms with E-state index in [9.17, 15) is 9.90 Å². The number of hydrogen-bond acceptors (Lipinski definition) is 10. The predicted molar refractivity (Wildman–Crippen MR) is 170 cm³/mol. The van der Waals surface area contributed by atoms with Gasteiger partial charge in [-0.3, -0.25) is 9.74 Å². The summed E-state index contributed by atoms with van der Waals surface area (Å²) in [5.41, 5.74) is 2.06. The number of aliphatic hydroxyl groups excluding tert-OH is 1. The summed E-state index contributed by atoms with van der Waals surface area (Å²) in [5, 5.41) is 16.5. The van der Waals surface area contributed by atoms with Gasteiger partial charge < -0.3 is 34.1 Å². The highest BCUT2D eigenvalue weighted by molar-refractivity contribution is 5.68. The molecule has 0 spiro atoms. The van der Waals surface area contributed by atoms with Crippen LogP contribution in [0.2, 0.25) is 0 Å². The van der Waals surface area contributed by atoms with E-state index in [1.54, 1.807) is 0 Å². The molecule has 1 saturated carbocycles. The molecule has 1 aliphatic carbocycles. The number of benzene rings is 2. The van der Waals surface area contributed by atoms with Crippen molar-refractivity contribution in [2.45, 2.75) is 75.7 Å². The first-order valence-corrected chi connectivity index (χ1v) is 16.9. The van der Waals surface area contributed by atoms with E-state index in [1.165, 1.54) is 0 Å². The molecule has 11 heteroatoms. The van der Waals surface area contributed by atoms with Gasteiger partial charge in [0.25, 0.3) is 0 Å². The molecule has 2 aromatic rings. The van der Waals surface area contributed by atoms with Crippen molar-refractivity contribution in [1.29, 1.82) is 0 Å². The molecule has 252 valence electrons. The molecule has 3 saturated heterocycles. The quantitative estimate of drug-likeness (QED) is 0.281. The minimum absolute atomic E-state index is 0.0418. The van der Waals surface area contributed by atoms with Gasteiger partial charge >= 0.3 is 6.09 Å². The Balaban J connectivity index is 1.07. The van der Waals surface area contributed by atoms with Crippen molar-refractivity contribution in [2.75, 3.05) is 59.2 Å². The number of morpholine rings is 1. The summed E-state index contributed by atoms with van der Waals surface area (Å²) in [6.07, 6.45) is 3.48. The van der Waals surface area contributed by atoms with Gasteiger partial charge in [0.1, 0.15) is 18.5 Å². The molecule has 4 aliphatic rings. The lowest BCUT2D eigenvalue weighted by Gasteiger charge is -2.31. The summed E-state index contributed by atoms with van der Waals surface area (Å²) >= 11 is 0. The van der Waals surface area contributed by atoms with Gasteiger partial charge in [-0.25, -0.2) is 4.79 Å². The van der Waals surface area contributed by atoms with Crippen LogP contribution < -0.4 is 10.1 Å². The number of nitrogens with one attached hydrogen (secondary N) is 1. The van der Waals surface area contributed by atoms with E-state index in [0.717, 1.165) is 81.8 Å². The Morgan fingerprint density at radius 3 is 2.54 bits per heavy atom. The van der Waals surface area contributed by atoms with Crippen molar-refractivity contribution < 1.29 is 38.4 Å². The molecule has 0 radical (unpaired) electrons. The highest BCUT2D eigenvalue weighted by Gasteiger charge is 2.44. The molecular weight excluding hydrogens is 590 g/mol. The third-order valence-electron chi connectivity index (χ3n) is 9.36. The molecule has 4 fully saturated rings. The van der Waals surface area contributed by atoms with Crippen LogP contribution in [0.25, 0.3) is 0 Å². The molecule has 6 rings (SSSR count). The lowest BCUT2D eigenvalue weighted by atomic mass is 10.0. The molecule has 3 aliphatic heterocycles. The van der Waals surface area contributed by atoms with Crippen LogP contribution >= 0.6 is 0 Å². The second-order valence-electron chi connectivity index (χ2n) is 12.8. The summed E-state index contributed by atoms with van der Waals surface area (Å²) < 4.78 is 28.4. The standard InChI is InChI=1S/C35H49N3O8/c39-32(31(22-26-6-2-1-3-7-26)36-35(40)45-33-25-44-34-30(33)14-18-43-34)24-38(46-29-8-4-5-9-29)23-27-10-12-28(13-11-27)42-21-17-37-15-19-41-20-16-37/h1-3,6-7,10-13,29-34,39H,4-5,8-9,14-25H2,(H,36,40). The van der Waals surface area contributed by atoms with Crippen LogP contribution in [0.15, 0.2) is 54.6 Å². The summed E-state index contributed by atoms with van der Waals surface area (Å²) in [6, 6.07) is 17.3. The van der Waals surface area contributed by atoms with E-state index in [1.807, 2.05) is 59.7 Å². The fourth-order valence-electron chi connectivity index (χ4n) is 6.72. The zero-order chi connectivity index (χ0) is 31.6. The van der Waals surface area contributed by atoms with Gasteiger partial charge in [-0.05, 0) is 48.9 Å². The van der Waals surface area contributed by atoms with Crippen LogP contribution in [0.5, 0.6) is 5.75 Å². The van der Waals surface area contributed by atoms with Crippen LogP contribution in [0.4, 0.5) is 4.79 Å². The molecule has 5 unspecified atom stereocenters. The fraction of sp³-hybridized carbons (Fsp3) is 0.629. The molecule has 5 atom stereocenters. The first-order chi connectivity index (χ1) is 22.6. The number of rotatable bonds is 15. The SMILES string of the molecule is O=C(NC(Cc1ccccc1)C(O)CN(Cc1ccc(OCCN2CCOCC2)cc1)OC1CCCC1)OC1COC2OCCC12. The van der Waals surface area contributed by atoms with Crippen molar-refractivity contribution >= 4 is 6.09 Å². The van der Waals surface area contributed by atoms with E-state index in [-0.39, 0.29) is 31.0 Å². The largest absolute Gasteiger partial charge is 0.492 e. The molecule has 0 aromatic heterocycles. The van der Waals surface area contributed by atoms with Gasteiger partial charge in [-0.1, -0.05) is 55.3 Å². The number of hydrogen-bond donors (Lipinski definition) is 2. The number of amides is 1. The van der Waals surface area contributed by atoms with Crippen molar-refractivity contribution in [2.24, 2.45) is 5.92 Å². The number of aliphatic hydroxyl groups is 1. The number of carbonyl (C=O) groups is 1. The number of alkyl carbamates (subject to hydrolysis) is 1. The Labute approximate surface area is 272 Å². The smallest absolute Gasteiger partial charge is 0.407 e. The monoisotopic (exact) mass is 639 g/mol. The fourth-order valence-corrected chi connectivity index (χ4v) is 6.72. The Morgan fingerprint density at radius 2 is 1.76 bits per heavy atom. The van der Waals surface area contributed by atoms with Crippen molar-refractivity contribution in [3.05, 3.63) is 65.7 Å². The number of carbonyl (C=O) groups excluding carboxylic acids is 1. The summed E-state index contributed by atoms with van der Waals surface area (Å²) in [6.45, 7) is 6.59. The van der Waals surface area contributed by atoms with Crippen LogP contribution in [0.1, 0.15) is 43.2 Å². The van der Waals surface area contributed by atoms with Gasteiger partial charge in [0.2, 0.25) is 0 Å². The second-order valence-corrected chi connectivity index (χ2v) is 12.8. The average Bonchev–Trinajstić information content (AvgIpc) is 3.84. The maximum Gasteiger partial charge on any atom is 0.407 e. The zero-order valence-corrected chi connectivity index (χ0v) is 26.7. The third-order valence-corrected chi connectivity index (χ3v) is 9.36.